The van der Waals surface area contributed by atoms with Gasteiger partial charge in [-0.3, -0.25) is 4.90 Å². The molecule has 0 spiro atoms. The molecule has 118 valence electrons. The summed E-state index contributed by atoms with van der Waals surface area (Å²) < 4.78 is 48.2. The Morgan fingerprint density at radius 1 is 1.19 bits per heavy atom. The average molecular weight is 305 g/mol. The molecule has 0 saturated carbocycles. The second-order valence-electron chi connectivity index (χ2n) is 5.62. The minimum Gasteiger partial charge on any atom is -0.381 e. The molecule has 0 aliphatic carbocycles. The van der Waals surface area contributed by atoms with Gasteiger partial charge in [0.2, 0.25) is 5.89 Å². The third kappa shape index (κ3) is 3.55. The van der Waals surface area contributed by atoms with Gasteiger partial charge in [-0.2, -0.15) is 18.2 Å². The van der Waals surface area contributed by atoms with Crippen molar-refractivity contribution < 1.29 is 22.4 Å². The third-order valence-electron chi connectivity index (χ3n) is 4.07. The van der Waals surface area contributed by atoms with Crippen LogP contribution in [0.5, 0.6) is 0 Å². The molecule has 21 heavy (non-hydrogen) atoms. The lowest BCUT2D eigenvalue weighted by molar-refractivity contribution is -0.148. The van der Waals surface area contributed by atoms with Gasteiger partial charge in [0.1, 0.15) is 0 Å². The van der Waals surface area contributed by atoms with Crippen molar-refractivity contribution >= 4 is 0 Å². The fourth-order valence-corrected chi connectivity index (χ4v) is 3.03. The van der Waals surface area contributed by atoms with Crippen LogP contribution in [0.4, 0.5) is 13.2 Å². The van der Waals surface area contributed by atoms with E-state index in [9.17, 15) is 13.2 Å². The van der Waals surface area contributed by atoms with Crippen molar-refractivity contribution in [2.75, 3.05) is 26.3 Å². The summed E-state index contributed by atoms with van der Waals surface area (Å²) in [4.78, 5) is 5.73. The number of ether oxygens (including phenoxy) is 1. The number of hydrogen-bond acceptors (Lipinski definition) is 5. The highest BCUT2D eigenvalue weighted by Gasteiger charge is 2.39. The van der Waals surface area contributed by atoms with Gasteiger partial charge in [-0.05, 0) is 32.2 Å². The Kier molecular flexibility index (Phi) is 4.17. The van der Waals surface area contributed by atoms with Gasteiger partial charge < -0.3 is 9.26 Å². The number of aromatic nitrogens is 2. The van der Waals surface area contributed by atoms with Gasteiger partial charge in [-0.1, -0.05) is 5.16 Å². The van der Waals surface area contributed by atoms with E-state index in [-0.39, 0.29) is 5.92 Å². The fourth-order valence-electron chi connectivity index (χ4n) is 3.03. The molecule has 0 bridgehead atoms. The molecule has 0 radical (unpaired) electrons. The van der Waals surface area contributed by atoms with E-state index in [1.807, 2.05) is 0 Å². The Morgan fingerprint density at radius 2 is 1.95 bits per heavy atom. The zero-order valence-corrected chi connectivity index (χ0v) is 11.6. The first-order valence-electron chi connectivity index (χ1n) is 7.25. The standard InChI is InChI=1S/C13H18F3N3O2/c14-13(15,16)8-19-5-1-2-10(19)12-17-11(18-21-12)9-3-6-20-7-4-9/h9-10H,1-8H2. The Labute approximate surface area is 120 Å². The first-order chi connectivity index (χ1) is 10.0. The van der Waals surface area contributed by atoms with Gasteiger partial charge in [0.25, 0.3) is 0 Å². The highest BCUT2D eigenvalue weighted by Crippen LogP contribution is 2.34. The minimum absolute atomic E-state index is 0.189. The van der Waals surface area contributed by atoms with Crippen molar-refractivity contribution in [1.29, 1.82) is 0 Å². The maximum atomic E-state index is 12.6. The lowest BCUT2D eigenvalue weighted by Gasteiger charge is -2.22. The zero-order valence-electron chi connectivity index (χ0n) is 11.6. The number of nitrogens with zero attached hydrogens (tertiary/aromatic N) is 3. The third-order valence-corrected chi connectivity index (χ3v) is 4.07. The molecule has 1 unspecified atom stereocenters. The van der Waals surface area contributed by atoms with Crippen LogP contribution in [0, 0.1) is 0 Å². The van der Waals surface area contributed by atoms with Crippen LogP contribution in [0.25, 0.3) is 0 Å². The van der Waals surface area contributed by atoms with E-state index < -0.39 is 18.8 Å². The van der Waals surface area contributed by atoms with Crippen molar-refractivity contribution in [3.05, 3.63) is 11.7 Å². The molecule has 5 nitrogen and oxygen atoms in total. The quantitative estimate of drug-likeness (QED) is 0.859. The van der Waals surface area contributed by atoms with Crippen LogP contribution in [0.3, 0.4) is 0 Å². The predicted molar refractivity (Wildman–Crippen MR) is 66.7 cm³/mol. The van der Waals surface area contributed by atoms with E-state index >= 15 is 0 Å². The molecule has 2 aliphatic rings. The summed E-state index contributed by atoms with van der Waals surface area (Å²) >= 11 is 0. The van der Waals surface area contributed by atoms with E-state index in [2.05, 4.69) is 10.1 Å². The first kappa shape index (κ1) is 14.8. The lowest BCUT2D eigenvalue weighted by atomic mass is 10.00. The summed E-state index contributed by atoms with van der Waals surface area (Å²) in [7, 11) is 0. The van der Waals surface area contributed by atoms with E-state index in [1.54, 1.807) is 0 Å². The molecule has 2 aliphatic heterocycles. The molecule has 0 amide bonds. The highest BCUT2D eigenvalue weighted by molar-refractivity contribution is 5.01. The Morgan fingerprint density at radius 3 is 2.67 bits per heavy atom. The van der Waals surface area contributed by atoms with Gasteiger partial charge in [0.15, 0.2) is 5.82 Å². The number of alkyl halides is 3. The topological polar surface area (TPSA) is 51.4 Å². The molecule has 0 aromatic carbocycles. The van der Waals surface area contributed by atoms with E-state index in [1.165, 1.54) is 4.90 Å². The summed E-state index contributed by atoms with van der Waals surface area (Å²) in [5.74, 6) is 1.11. The Hall–Kier alpha value is -1.15. The number of hydrogen-bond donors (Lipinski definition) is 0. The molecule has 1 aromatic heterocycles. The summed E-state index contributed by atoms with van der Waals surface area (Å²) in [6, 6.07) is -0.410. The zero-order chi connectivity index (χ0) is 14.9. The van der Waals surface area contributed by atoms with Gasteiger partial charge in [-0.25, -0.2) is 0 Å². The van der Waals surface area contributed by atoms with E-state index in [0.717, 1.165) is 19.3 Å². The monoisotopic (exact) mass is 305 g/mol. The number of rotatable bonds is 3. The maximum absolute atomic E-state index is 12.6. The Balaban J connectivity index is 1.69. The second-order valence-corrected chi connectivity index (χ2v) is 5.62. The smallest absolute Gasteiger partial charge is 0.381 e. The van der Waals surface area contributed by atoms with Crippen molar-refractivity contribution in [3.63, 3.8) is 0 Å². The highest BCUT2D eigenvalue weighted by atomic mass is 19.4. The minimum atomic E-state index is -4.20. The SMILES string of the molecule is FC(F)(F)CN1CCCC1c1nc(C2CCOCC2)no1. The van der Waals surface area contributed by atoms with Gasteiger partial charge in [0.05, 0.1) is 12.6 Å². The molecule has 1 aromatic rings. The summed E-state index contributed by atoms with van der Waals surface area (Å²) in [6.45, 7) is 0.822. The summed E-state index contributed by atoms with van der Waals surface area (Å²) in [6.07, 6.45) is -1.20. The normalized spacial score (nSPS) is 25.6. The van der Waals surface area contributed by atoms with E-state index in [4.69, 9.17) is 9.26 Å². The molecular weight excluding hydrogens is 287 g/mol. The summed E-state index contributed by atoms with van der Waals surface area (Å²) in [5, 5.41) is 3.97. The molecule has 2 fully saturated rings. The largest absolute Gasteiger partial charge is 0.401 e. The van der Waals surface area contributed by atoms with Crippen LogP contribution < -0.4 is 0 Å². The molecule has 0 N–H and O–H groups in total. The molecule has 3 rings (SSSR count). The molecular formula is C13H18F3N3O2. The molecule has 3 heterocycles. The van der Waals surface area contributed by atoms with Crippen LogP contribution in [0.15, 0.2) is 4.52 Å². The molecule has 1 atom stereocenters. The van der Waals surface area contributed by atoms with E-state index in [0.29, 0.717) is 37.9 Å². The lowest BCUT2D eigenvalue weighted by Crippen LogP contribution is -2.33. The second kappa shape index (κ2) is 5.92. The van der Waals surface area contributed by atoms with Gasteiger partial charge in [0, 0.05) is 19.1 Å². The van der Waals surface area contributed by atoms with Crippen molar-refractivity contribution in [3.8, 4) is 0 Å². The fraction of sp³-hybridized carbons (Fsp3) is 0.846. The van der Waals surface area contributed by atoms with Crippen LogP contribution in [0.1, 0.15) is 49.4 Å². The molecule has 2 saturated heterocycles. The summed E-state index contributed by atoms with van der Waals surface area (Å²) in [5.41, 5.74) is 0. The van der Waals surface area contributed by atoms with Gasteiger partial charge in [-0.15, -0.1) is 0 Å². The average Bonchev–Trinajstić information content (AvgIpc) is 3.06. The maximum Gasteiger partial charge on any atom is 0.401 e. The van der Waals surface area contributed by atoms with Crippen LogP contribution in [-0.4, -0.2) is 47.5 Å². The van der Waals surface area contributed by atoms with Crippen molar-refractivity contribution in [2.45, 2.75) is 43.8 Å². The number of likely N-dealkylation sites (tertiary alicyclic amines) is 1. The molecule has 8 heteroatoms. The van der Waals surface area contributed by atoms with Crippen molar-refractivity contribution in [1.82, 2.24) is 15.0 Å². The van der Waals surface area contributed by atoms with Crippen LogP contribution >= 0.6 is 0 Å². The van der Waals surface area contributed by atoms with Crippen LogP contribution in [-0.2, 0) is 4.74 Å². The Bertz CT molecular complexity index is 471. The number of halogens is 3. The van der Waals surface area contributed by atoms with Gasteiger partial charge >= 0.3 is 6.18 Å². The first-order valence-corrected chi connectivity index (χ1v) is 7.25. The predicted octanol–water partition coefficient (Wildman–Crippen LogP) is 2.66. The van der Waals surface area contributed by atoms with Crippen LogP contribution in [0.2, 0.25) is 0 Å². The van der Waals surface area contributed by atoms with Crippen molar-refractivity contribution in [2.24, 2.45) is 0 Å².